The SMILES string of the molecule is CCN1CCC(c2ccc(-c3cnc4ccc(/C=C5\SC(=O)NC5=O)nn34)cc2)CC1. The maximum absolute atomic E-state index is 11.8. The van der Waals surface area contributed by atoms with E-state index in [-0.39, 0.29) is 11.1 Å². The van der Waals surface area contributed by atoms with E-state index in [2.05, 4.69) is 51.5 Å². The molecular weight excluding hydrogens is 410 g/mol. The number of hydrogen-bond donors (Lipinski definition) is 1. The number of carbonyl (C=O) groups excluding carboxylic acids is 2. The van der Waals surface area contributed by atoms with Gasteiger partial charge in [0, 0.05) is 5.56 Å². The molecule has 0 radical (unpaired) electrons. The summed E-state index contributed by atoms with van der Waals surface area (Å²) < 4.78 is 1.78. The van der Waals surface area contributed by atoms with Crippen LogP contribution in [0.3, 0.4) is 0 Å². The van der Waals surface area contributed by atoms with Crippen molar-refractivity contribution >= 4 is 34.6 Å². The molecule has 7 nitrogen and oxygen atoms in total. The molecule has 2 aliphatic rings. The zero-order valence-corrected chi connectivity index (χ0v) is 18.1. The molecule has 5 rings (SSSR count). The number of imide groups is 1. The zero-order chi connectivity index (χ0) is 21.4. The predicted molar refractivity (Wildman–Crippen MR) is 122 cm³/mol. The van der Waals surface area contributed by atoms with Crippen molar-refractivity contribution in [2.24, 2.45) is 0 Å². The van der Waals surface area contributed by atoms with Gasteiger partial charge in [-0.2, -0.15) is 5.10 Å². The molecule has 0 bridgehead atoms. The molecule has 0 atom stereocenters. The van der Waals surface area contributed by atoms with Crippen LogP contribution in [0.25, 0.3) is 23.0 Å². The number of nitrogens with zero attached hydrogens (tertiary/aromatic N) is 4. The third-order valence-corrected chi connectivity index (χ3v) is 6.83. The van der Waals surface area contributed by atoms with Crippen LogP contribution in [-0.2, 0) is 4.79 Å². The average Bonchev–Trinajstić information content (AvgIpc) is 3.36. The molecule has 0 saturated carbocycles. The Morgan fingerprint density at radius 2 is 1.90 bits per heavy atom. The Bertz CT molecular complexity index is 1180. The van der Waals surface area contributed by atoms with Crippen LogP contribution < -0.4 is 5.32 Å². The van der Waals surface area contributed by atoms with Gasteiger partial charge >= 0.3 is 0 Å². The van der Waals surface area contributed by atoms with Crippen molar-refractivity contribution in [1.29, 1.82) is 0 Å². The van der Waals surface area contributed by atoms with Gasteiger partial charge < -0.3 is 4.90 Å². The van der Waals surface area contributed by atoms with Crippen molar-refractivity contribution in [3.05, 3.63) is 58.8 Å². The van der Waals surface area contributed by atoms with Crippen LogP contribution in [0.5, 0.6) is 0 Å². The molecule has 158 valence electrons. The summed E-state index contributed by atoms with van der Waals surface area (Å²) in [5.74, 6) is 0.233. The lowest BCUT2D eigenvalue weighted by Gasteiger charge is -2.31. The molecule has 31 heavy (non-hydrogen) atoms. The summed E-state index contributed by atoms with van der Waals surface area (Å²) in [7, 11) is 0. The van der Waals surface area contributed by atoms with E-state index in [1.165, 1.54) is 31.5 Å². The number of amides is 2. The molecule has 4 heterocycles. The number of imidazole rings is 1. The summed E-state index contributed by atoms with van der Waals surface area (Å²) >= 11 is 0.887. The quantitative estimate of drug-likeness (QED) is 0.628. The van der Waals surface area contributed by atoms with Gasteiger partial charge in [-0.25, -0.2) is 9.50 Å². The molecule has 8 heteroatoms. The number of benzene rings is 1. The first kappa shape index (κ1) is 20.0. The zero-order valence-electron chi connectivity index (χ0n) is 17.2. The molecule has 0 spiro atoms. The lowest BCUT2D eigenvalue weighted by atomic mass is 9.89. The summed E-state index contributed by atoms with van der Waals surface area (Å²) in [5.41, 5.74) is 4.65. The Morgan fingerprint density at radius 1 is 1.13 bits per heavy atom. The summed E-state index contributed by atoms with van der Waals surface area (Å²) in [6.45, 7) is 5.69. The molecule has 3 aromatic rings. The van der Waals surface area contributed by atoms with Gasteiger partial charge in [0.2, 0.25) is 0 Å². The standard InChI is InChI=1S/C23H23N5O2S/c1-2-27-11-9-16(10-12-27)15-3-5-17(6-4-15)19-14-24-21-8-7-18(26-28(19)21)13-20-22(29)25-23(30)31-20/h3-8,13-14,16H,2,9-12H2,1H3,(H,25,29,30)/b20-13-. The minimum absolute atomic E-state index is 0.344. The Labute approximate surface area is 184 Å². The first-order valence-corrected chi connectivity index (χ1v) is 11.3. The van der Waals surface area contributed by atoms with Crippen LogP contribution in [-0.4, -0.2) is 50.3 Å². The van der Waals surface area contributed by atoms with Gasteiger partial charge in [-0.1, -0.05) is 31.2 Å². The number of nitrogens with one attached hydrogen (secondary N) is 1. The topological polar surface area (TPSA) is 79.6 Å². The highest BCUT2D eigenvalue weighted by molar-refractivity contribution is 8.18. The fraction of sp³-hybridized carbons (Fsp3) is 0.304. The second kappa shape index (κ2) is 8.28. The van der Waals surface area contributed by atoms with Crippen LogP contribution in [0, 0.1) is 0 Å². The molecule has 1 N–H and O–H groups in total. The Morgan fingerprint density at radius 3 is 2.58 bits per heavy atom. The molecule has 1 aromatic carbocycles. The van der Waals surface area contributed by atoms with E-state index in [4.69, 9.17) is 0 Å². The normalized spacial score (nSPS) is 19.5. The third-order valence-electron chi connectivity index (χ3n) is 6.02. The molecule has 2 aromatic heterocycles. The van der Waals surface area contributed by atoms with Gasteiger partial charge in [0.15, 0.2) is 5.65 Å². The molecule has 0 aliphatic carbocycles. The van der Waals surface area contributed by atoms with E-state index in [1.54, 1.807) is 16.7 Å². The molecule has 2 fully saturated rings. The van der Waals surface area contributed by atoms with Crippen molar-refractivity contribution in [2.45, 2.75) is 25.7 Å². The van der Waals surface area contributed by atoms with E-state index in [1.807, 2.05) is 12.3 Å². The predicted octanol–water partition coefficient (Wildman–Crippen LogP) is 3.92. The van der Waals surface area contributed by atoms with Crippen LogP contribution in [0.15, 0.2) is 47.5 Å². The van der Waals surface area contributed by atoms with Crippen LogP contribution in [0.4, 0.5) is 4.79 Å². The highest BCUT2D eigenvalue weighted by Gasteiger charge is 2.25. The van der Waals surface area contributed by atoms with Crippen LogP contribution >= 0.6 is 11.8 Å². The first-order valence-electron chi connectivity index (χ1n) is 10.5. The van der Waals surface area contributed by atoms with Crippen molar-refractivity contribution < 1.29 is 9.59 Å². The first-order chi connectivity index (χ1) is 15.1. The monoisotopic (exact) mass is 433 g/mol. The Balaban J connectivity index is 1.41. The van der Waals surface area contributed by atoms with Crippen molar-refractivity contribution in [3.8, 4) is 11.3 Å². The Kier molecular flexibility index (Phi) is 5.33. The number of aromatic nitrogens is 3. The number of piperidine rings is 1. The summed E-state index contributed by atoms with van der Waals surface area (Å²) in [6.07, 6.45) is 5.85. The number of thioether (sulfide) groups is 1. The van der Waals surface area contributed by atoms with E-state index in [9.17, 15) is 9.59 Å². The number of fused-ring (bicyclic) bond motifs is 1. The maximum atomic E-state index is 11.8. The minimum atomic E-state index is -0.386. The molecule has 0 unspecified atom stereocenters. The summed E-state index contributed by atoms with van der Waals surface area (Å²) in [4.78, 5) is 30.5. The molecule has 2 saturated heterocycles. The van der Waals surface area contributed by atoms with Gasteiger partial charge in [-0.15, -0.1) is 0 Å². The largest absolute Gasteiger partial charge is 0.304 e. The maximum Gasteiger partial charge on any atom is 0.290 e. The summed E-state index contributed by atoms with van der Waals surface area (Å²) in [5, 5.41) is 6.53. The van der Waals surface area contributed by atoms with Crippen molar-refractivity contribution in [3.63, 3.8) is 0 Å². The number of carbonyl (C=O) groups is 2. The molecular formula is C23H23N5O2S. The third kappa shape index (κ3) is 4.00. The molecule has 2 aliphatic heterocycles. The second-order valence-electron chi connectivity index (χ2n) is 7.85. The van der Waals surface area contributed by atoms with E-state index >= 15 is 0 Å². The average molecular weight is 434 g/mol. The lowest BCUT2D eigenvalue weighted by Crippen LogP contribution is -2.32. The van der Waals surface area contributed by atoms with E-state index in [0.717, 1.165) is 35.2 Å². The summed E-state index contributed by atoms with van der Waals surface area (Å²) in [6, 6.07) is 12.4. The van der Waals surface area contributed by atoms with Gasteiger partial charge in [0.05, 0.1) is 22.5 Å². The highest BCUT2D eigenvalue weighted by atomic mass is 32.2. The van der Waals surface area contributed by atoms with Gasteiger partial charge in [0.1, 0.15) is 0 Å². The van der Waals surface area contributed by atoms with E-state index < -0.39 is 0 Å². The smallest absolute Gasteiger partial charge is 0.290 e. The highest BCUT2D eigenvalue weighted by Crippen LogP contribution is 2.30. The van der Waals surface area contributed by atoms with E-state index in [0.29, 0.717) is 16.5 Å². The second-order valence-corrected chi connectivity index (χ2v) is 8.87. The Hall–Kier alpha value is -2.97. The fourth-order valence-corrected chi connectivity index (χ4v) is 4.89. The number of likely N-dealkylation sites (tertiary alicyclic amines) is 1. The number of rotatable bonds is 4. The van der Waals surface area contributed by atoms with Gasteiger partial charge in [-0.05, 0) is 73.9 Å². The molecule has 2 amide bonds. The van der Waals surface area contributed by atoms with Crippen molar-refractivity contribution in [2.75, 3.05) is 19.6 Å². The van der Waals surface area contributed by atoms with Gasteiger partial charge in [-0.3, -0.25) is 14.9 Å². The van der Waals surface area contributed by atoms with Gasteiger partial charge in [0.25, 0.3) is 11.1 Å². The fourth-order valence-electron chi connectivity index (χ4n) is 4.23. The number of hydrogen-bond acceptors (Lipinski definition) is 6. The van der Waals surface area contributed by atoms with Crippen molar-refractivity contribution in [1.82, 2.24) is 24.8 Å². The van der Waals surface area contributed by atoms with Crippen LogP contribution in [0.1, 0.15) is 36.9 Å². The lowest BCUT2D eigenvalue weighted by molar-refractivity contribution is -0.115. The minimum Gasteiger partial charge on any atom is -0.304 e. The van der Waals surface area contributed by atoms with Crippen LogP contribution in [0.2, 0.25) is 0 Å².